The second-order valence-electron chi connectivity index (χ2n) is 9.07. The summed E-state index contributed by atoms with van der Waals surface area (Å²) >= 11 is 0. The normalized spacial score (nSPS) is 13.8. The molecule has 0 radical (unpaired) electrons. The van der Waals surface area contributed by atoms with E-state index in [2.05, 4.69) is 0 Å². The number of benzene rings is 3. The third-order valence-electron chi connectivity index (χ3n) is 6.42. The maximum Gasteiger partial charge on any atom is 1.00 e. The Morgan fingerprint density at radius 1 is 0.911 bits per heavy atom. The average Bonchev–Trinajstić information content (AvgIpc) is 3.21. The van der Waals surface area contributed by atoms with Crippen molar-refractivity contribution in [3.8, 4) is 22.5 Å². The van der Waals surface area contributed by atoms with E-state index in [9.17, 15) is 50.9 Å². The van der Waals surface area contributed by atoms with Gasteiger partial charge in [0.15, 0.2) is 5.58 Å². The molecule has 16 nitrogen and oxygen atoms in total. The molecule has 3 aliphatic rings. The van der Waals surface area contributed by atoms with Crippen molar-refractivity contribution in [3.05, 3.63) is 58.9 Å². The smallest absolute Gasteiger partial charge is 0.830 e. The topological polar surface area (TPSA) is 293 Å². The molecule has 2 amide bonds. The molecule has 1 fully saturated rings. The molecular weight excluding hydrogens is 628 g/mol. The van der Waals surface area contributed by atoms with Crippen LogP contribution in [0.1, 0.15) is 33.6 Å². The van der Waals surface area contributed by atoms with Gasteiger partial charge in [-0.1, -0.05) is 6.07 Å². The standard InChI is InChI=1S/C25H19N3O13S2.2Li/c26-15-5-3-12-19(13-4-6-16(27)23(43(37,38)39)21(13)40-20(12)22(15)42(34,35)36)14-9-10(1-2-11(14)24(31)32)25(33)41-28-17(29)7-8-18(28)30;;/h1-6,9,26,34-36H,7-8,27H2,(H,31,32)(H,37,38,39);;/q;2*+1/p-5. The summed E-state index contributed by atoms with van der Waals surface area (Å²) in [5, 5.41) is 19.2. The monoisotopic (exact) mass is 642 g/mol. The number of rotatable bonds is 6. The van der Waals surface area contributed by atoms with E-state index in [0.29, 0.717) is 0 Å². The number of anilines is 1. The van der Waals surface area contributed by atoms with Gasteiger partial charge in [-0.2, -0.15) is 0 Å². The molecular formula is C25H14Li2N3O13S2-3. The molecule has 45 heavy (non-hydrogen) atoms. The van der Waals surface area contributed by atoms with E-state index in [0.717, 1.165) is 42.5 Å². The fourth-order valence-electron chi connectivity index (χ4n) is 4.63. The number of imide groups is 1. The van der Waals surface area contributed by atoms with Crippen LogP contribution < -0.4 is 53.9 Å². The SMILES string of the molecule is N=c1ccc2c(-c3cc(C(=O)ON4C(=O)CCC4=O)ccc3C(=O)[O-])c3ccc(N)c(S(=O)(=O)[O-])c3oc-2c1S([O-])([O-])[O-].[Li+].[Li+]. The van der Waals surface area contributed by atoms with Crippen molar-refractivity contribution >= 4 is 61.4 Å². The number of carbonyl (C=O) groups is 4. The summed E-state index contributed by atoms with van der Waals surface area (Å²) in [6.45, 7) is 0. The average molecular weight is 642 g/mol. The zero-order chi connectivity index (χ0) is 31.6. The molecule has 2 aromatic carbocycles. The summed E-state index contributed by atoms with van der Waals surface area (Å²) in [5.41, 5.74) is 1.85. The number of fused-ring (bicyclic) bond motifs is 2. The number of aromatic carboxylic acids is 1. The Kier molecular flexibility index (Phi) is 10.0. The summed E-state index contributed by atoms with van der Waals surface area (Å²) in [7, 11) is -11.0. The molecule has 2 aliphatic heterocycles. The third kappa shape index (κ3) is 6.39. The zero-order valence-corrected chi connectivity index (χ0v) is 24.7. The minimum atomic E-state index is -5.52. The van der Waals surface area contributed by atoms with Gasteiger partial charge in [-0.15, -0.1) is 5.06 Å². The molecule has 3 N–H and O–H groups in total. The van der Waals surface area contributed by atoms with E-state index in [1.54, 1.807) is 0 Å². The predicted octanol–water partition coefficient (Wildman–Crippen LogP) is -5.68. The summed E-state index contributed by atoms with van der Waals surface area (Å²) in [6, 6.07) is 6.67. The van der Waals surface area contributed by atoms with E-state index in [4.69, 9.17) is 20.4 Å². The molecule has 0 bridgehead atoms. The van der Waals surface area contributed by atoms with Gasteiger partial charge in [-0.3, -0.25) is 15.0 Å². The number of amides is 2. The molecule has 0 saturated carbocycles. The third-order valence-corrected chi connectivity index (χ3v) is 8.25. The first-order chi connectivity index (χ1) is 20.0. The van der Waals surface area contributed by atoms with Crippen LogP contribution in [0.5, 0.6) is 0 Å². The van der Waals surface area contributed by atoms with Crippen LogP contribution in [-0.2, 0) is 24.5 Å². The largest absolute Gasteiger partial charge is 1.00 e. The molecule has 20 heteroatoms. The van der Waals surface area contributed by atoms with Gasteiger partial charge in [-0.25, -0.2) is 13.2 Å². The van der Waals surface area contributed by atoms with Crippen LogP contribution in [0.25, 0.3) is 33.4 Å². The van der Waals surface area contributed by atoms with Crippen molar-refractivity contribution < 1.29 is 97.9 Å². The van der Waals surface area contributed by atoms with Crippen LogP contribution >= 0.6 is 10.9 Å². The summed E-state index contributed by atoms with van der Waals surface area (Å²) in [6.07, 6.45) is -0.437. The molecule has 1 saturated heterocycles. The Labute approximate surface area is 278 Å². The van der Waals surface area contributed by atoms with Crippen LogP contribution in [0.2, 0.25) is 0 Å². The molecule has 224 valence electrons. The number of hydroxylamine groups is 2. The molecule has 2 heterocycles. The van der Waals surface area contributed by atoms with Crippen molar-refractivity contribution in [2.75, 3.05) is 5.73 Å². The number of nitrogen functional groups attached to an aromatic ring is 1. The first kappa shape index (κ1) is 35.8. The van der Waals surface area contributed by atoms with E-state index in [1.807, 2.05) is 0 Å². The first-order valence-corrected chi connectivity index (χ1v) is 14.5. The quantitative estimate of drug-likeness (QED) is 0.0652. The van der Waals surface area contributed by atoms with Crippen LogP contribution in [0.15, 0.2) is 56.7 Å². The molecule has 5 rings (SSSR count). The van der Waals surface area contributed by atoms with Gasteiger partial charge in [0.2, 0.25) is 0 Å². The number of hydrogen-bond acceptors (Lipinski definition) is 15. The number of carboxylic acid groups (broad SMARTS) is 1. The number of nitrogens with two attached hydrogens (primary N) is 1. The maximum atomic E-state index is 12.9. The molecule has 0 unspecified atom stereocenters. The molecule has 2 aromatic rings. The van der Waals surface area contributed by atoms with Gasteiger partial charge in [0.1, 0.15) is 20.8 Å². The fraction of sp³-hybridized carbons (Fsp3) is 0.0800. The van der Waals surface area contributed by atoms with Crippen LogP contribution in [0.4, 0.5) is 5.69 Å². The van der Waals surface area contributed by atoms with E-state index in [1.165, 1.54) is 0 Å². The van der Waals surface area contributed by atoms with Crippen molar-refractivity contribution in [1.82, 2.24) is 5.06 Å². The van der Waals surface area contributed by atoms with Crippen molar-refractivity contribution in [2.24, 2.45) is 0 Å². The molecule has 0 spiro atoms. The molecule has 0 atom stereocenters. The van der Waals surface area contributed by atoms with Gasteiger partial charge in [-0.05, 0) is 42.0 Å². The molecule has 1 aliphatic carbocycles. The summed E-state index contributed by atoms with van der Waals surface area (Å²) < 4.78 is 78.6. The second-order valence-corrected chi connectivity index (χ2v) is 11.7. The maximum absolute atomic E-state index is 12.9. The summed E-state index contributed by atoms with van der Waals surface area (Å²) in [4.78, 5) is 51.3. The summed E-state index contributed by atoms with van der Waals surface area (Å²) in [5.74, 6) is -5.69. The van der Waals surface area contributed by atoms with Crippen molar-refractivity contribution in [3.63, 3.8) is 0 Å². The second kappa shape index (κ2) is 12.6. The fourth-order valence-corrected chi connectivity index (χ4v) is 6.08. The number of nitrogens with zero attached hydrogens (tertiary/aromatic N) is 1. The van der Waals surface area contributed by atoms with Gasteiger partial charge in [0, 0.05) is 39.8 Å². The number of nitrogens with one attached hydrogen (secondary N) is 1. The minimum absolute atomic E-state index is 0. The Bertz CT molecular complexity index is 2040. The minimum Gasteiger partial charge on any atom is -0.830 e. The van der Waals surface area contributed by atoms with Crippen molar-refractivity contribution in [2.45, 2.75) is 22.6 Å². The van der Waals surface area contributed by atoms with Gasteiger partial charge >= 0.3 is 43.7 Å². The Morgan fingerprint density at radius 3 is 2.09 bits per heavy atom. The van der Waals surface area contributed by atoms with E-state index < -0.39 is 93.6 Å². The number of carboxylic acids is 1. The van der Waals surface area contributed by atoms with Gasteiger partial charge in [0.05, 0.1) is 22.6 Å². The van der Waals surface area contributed by atoms with Crippen LogP contribution in [0.3, 0.4) is 0 Å². The zero-order valence-electron chi connectivity index (χ0n) is 23.1. The Balaban J connectivity index is 0.00000276. The number of carbonyl (C=O) groups excluding carboxylic acids is 4. The van der Waals surface area contributed by atoms with Crippen LogP contribution in [-0.4, -0.2) is 55.4 Å². The Hall–Kier alpha value is -3.66. The van der Waals surface area contributed by atoms with E-state index >= 15 is 0 Å². The number of hydrogen-bond donors (Lipinski definition) is 2. The molecule has 0 aromatic heterocycles. The van der Waals surface area contributed by atoms with E-state index in [-0.39, 0.29) is 72.1 Å². The van der Waals surface area contributed by atoms with Gasteiger partial charge < -0.3 is 54.0 Å². The van der Waals surface area contributed by atoms with Crippen molar-refractivity contribution in [1.29, 1.82) is 5.41 Å². The predicted molar refractivity (Wildman–Crippen MR) is 136 cm³/mol. The van der Waals surface area contributed by atoms with Crippen LogP contribution in [0, 0.1) is 5.41 Å². The Morgan fingerprint density at radius 2 is 1.53 bits per heavy atom. The first-order valence-electron chi connectivity index (χ1n) is 11.7. The van der Waals surface area contributed by atoms with Gasteiger partial charge in [0.25, 0.3) is 11.8 Å².